The Morgan fingerprint density at radius 2 is 2.29 bits per heavy atom. The highest BCUT2D eigenvalue weighted by molar-refractivity contribution is 7.89. The smallest absolute Gasteiger partial charge is 0.241 e. The van der Waals surface area contributed by atoms with Crippen molar-refractivity contribution in [3.05, 3.63) is 29.8 Å². The van der Waals surface area contributed by atoms with E-state index in [0.717, 1.165) is 12.8 Å². The summed E-state index contributed by atoms with van der Waals surface area (Å²) in [6, 6.07) is 6.54. The molecule has 2 rings (SSSR count). The fraction of sp³-hybridized carbons (Fsp3) is 0.467. The maximum absolute atomic E-state index is 12.5. The Bertz CT molecular complexity index is 653. The highest BCUT2D eigenvalue weighted by atomic mass is 32.2. The molecule has 1 saturated heterocycles. The van der Waals surface area contributed by atoms with Gasteiger partial charge in [-0.25, -0.2) is 13.1 Å². The molecule has 0 aliphatic carbocycles. The number of benzene rings is 1. The Kier molecular flexibility index (Phi) is 5.01. The molecule has 0 saturated carbocycles. The lowest BCUT2D eigenvalue weighted by Crippen LogP contribution is -2.51. The Morgan fingerprint density at radius 3 is 2.95 bits per heavy atom. The summed E-state index contributed by atoms with van der Waals surface area (Å²) in [5.74, 6) is 5.55. The molecule has 1 aromatic carbocycles. The van der Waals surface area contributed by atoms with Crippen LogP contribution < -0.4 is 10.5 Å². The fourth-order valence-electron chi connectivity index (χ4n) is 2.29. The van der Waals surface area contributed by atoms with Crippen molar-refractivity contribution in [1.82, 2.24) is 4.72 Å². The van der Waals surface area contributed by atoms with Crippen LogP contribution in [0.1, 0.15) is 25.3 Å². The lowest BCUT2D eigenvalue weighted by molar-refractivity contribution is 0.0386. The van der Waals surface area contributed by atoms with E-state index in [9.17, 15) is 8.42 Å². The van der Waals surface area contributed by atoms with E-state index in [-0.39, 0.29) is 11.4 Å². The van der Waals surface area contributed by atoms with Crippen molar-refractivity contribution in [3.63, 3.8) is 0 Å². The van der Waals surface area contributed by atoms with Crippen LogP contribution in [0.15, 0.2) is 29.2 Å². The summed E-state index contributed by atoms with van der Waals surface area (Å²) in [5, 5.41) is 0. The minimum atomic E-state index is -3.59. The van der Waals surface area contributed by atoms with Crippen molar-refractivity contribution in [2.75, 3.05) is 19.8 Å². The molecule has 114 valence electrons. The summed E-state index contributed by atoms with van der Waals surface area (Å²) in [4.78, 5) is 0.207. The Labute approximate surface area is 125 Å². The van der Waals surface area contributed by atoms with E-state index in [1.165, 1.54) is 0 Å². The van der Waals surface area contributed by atoms with Crippen LogP contribution >= 0.6 is 0 Å². The summed E-state index contributed by atoms with van der Waals surface area (Å²) in [5.41, 5.74) is 5.40. The fourth-order valence-corrected chi connectivity index (χ4v) is 3.76. The summed E-state index contributed by atoms with van der Waals surface area (Å²) in [6.07, 6.45) is 1.61. The van der Waals surface area contributed by atoms with Gasteiger partial charge in [-0.2, -0.15) is 0 Å². The van der Waals surface area contributed by atoms with E-state index in [0.29, 0.717) is 18.8 Å². The monoisotopic (exact) mass is 308 g/mol. The first-order valence-electron chi connectivity index (χ1n) is 6.86. The molecule has 1 aromatic rings. The second-order valence-electron chi connectivity index (χ2n) is 5.36. The molecule has 0 bridgehead atoms. The summed E-state index contributed by atoms with van der Waals surface area (Å²) < 4.78 is 33.1. The second-order valence-corrected chi connectivity index (χ2v) is 7.04. The van der Waals surface area contributed by atoms with Crippen LogP contribution in [0.4, 0.5) is 0 Å². The molecule has 0 spiro atoms. The molecule has 5 nitrogen and oxygen atoms in total. The van der Waals surface area contributed by atoms with E-state index >= 15 is 0 Å². The van der Waals surface area contributed by atoms with Gasteiger partial charge in [-0.1, -0.05) is 17.9 Å². The summed E-state index contributed by atoms with van der Waals surface area (Å²) in [7, 11) is -3.59. The van der Waals surface area contributed by atoms with Crippen LogP contribution in [0.5, 0.6) is 0 Å². The molecule has 3 N–H and O–H groups in total. The van der Waals surface area contributed by atoms with Crippen molar-refractivity contribution in [2.24, 2.45) is 5.73 Å². The second kappa shape index (κ2) is 6.58. The standard InChI is InChI=1S/C15H20N2O3S/c1-15(8-4-10-20-12-15)17-21(18,19)14-7-2-5-13(11-14)6-3-9-16/h2,5,7,11,17H,4,8-10,12,16H2,1H3. The molecule has 0 radical (unpaired) electrons. The van der Waals surface area contributed by atoms with Crippen molar-refractivity contribution in [1.29, 1.82) is 0 Å². The predicted molar refractivity (Wildman–Crippen MR) is 81.2 cm³/mol. The molecule has 0 amide bonds. The molecular formula is C15H20N2O3S. The highest BCUT2D eigenvalue weighted by Crippen LogP contribution is 2.22. The summed E-state index contributed by atoms with van der Waals surface area (Å²) >= 11 is 0. The van der Waals surface area contributed by atoms with Gasteiger partial charge < -0.3 is 10.5 Å². The van der Waals surface area contributed by atoms with Crippen molar-refractivity contribution < 1.29 is 13.2 Å². The normalized spacial score (nSPS) is 22.4. The van der Waals surface area contributed by atoms with Crippen LogP contribution in [0.3, 0.4) is 0 Å². The lowest BCUT2D eigenvalue weighted by Gasteiger charge is -2.33. The van der Waals surface area contributed by atoms with Crippen LogP contribution in [0.25, 0.3) is 0 Å². The van der Waals surface area contributed by atoms with Gasteiger partial charge in [0.15, 0.2) is 0 Å². The molecule has 1 aliphatic heterocycles. The zero-order chi connectivity index (χ0) is 15.3. The Morgan fingerprint density at radius 1 is 1.48 bits per heavy atom. The molecule has 21 heavy (non-hydrogen) atoms. The molecule has 1 unspecified atom stereocenters. The zero-order valence-corrected chi connectivity index (χ0v) is 12.9. The van der Waals surface area contributed by atoms with Gasteiger partial charge in [0.05, 0.1) is 23.6 Å². The van der Waals surface area contributed by atoms with Crippen LogP contribution in [-0.2, 0) is 14.8 Å². The Balaban J connectivity index is 2.23. The average molecular weight is 308 g/mol. The number of ether oxygens (including phenoxy) is 1. The molecule has 1 heterocycles. The third-order valence-electron chi connectivity index (χ3n) is 3.30. The van der Waals surface area contributed by atoms with Gasteiger partial charge in [0.2, 0.25) is 10.0 Å². The van der Waals surface area contributed by atoms with Gasteiger partial charge in [-0.05, 0) is 38.0 Å². The quantitative estimate of drug-likeness (QED) is 0.811. The molecule has 1 fully saturated rings. The summed E-state index contributed by atoms with van der Waals surface area (Å²) in [6.45, 7) is 3.17. The number of hydrogen-bond acceptors (Lipinski definition) is 4. The van der Waals surface area contributed by atoms with E-state index < -0.39 is 15.6 Å². The third-order valence-corrected chi connectivity index (χ3v) is 4.93. The molecule has 1 atom stereocenters. The number of nitrogens with two attached hydrogens (primary N) is 1. The average Bonchev–Trinajstić information content (AvgIpc) is 2.45. The first kappa shape index (κ1) is 16.0. The number of hydrogen-bond donors (Lipinski definition) is 2. The van der Waals surface area contributed by atoms with E-state index in [2.05, 4.69) is 16.6 Å². The van der Waals surface area contributed by atoms with Gasteiger partial charge in [0.25, 0.3) is 0 Å². The van der Waals surface area contributed by atoms with Gasteiger partial charge >= 0.3 is 0 Å². The molecule has 1 aliphatic rings. The van der Waals surface area contributed by atoms with Crippen LogP contribution in [0.2, 0.25) is 0 Å². The van der Waals surface area contributed by atoms with Crippen LogP contribution in [-0.4, -0.2) is 33.7 Å². The minimum absolute atomic E-state index is 0.207. The number of sulfonamides is 1. The van der Waals surface area contributed by atoms with E-state index in [1.807, 2.05) is 6.92 Å². The first-order valence-corrected chi connectivity index (χ1v) is 8.34. The molecular weight excluding hydrogens is 288 g/mol. The van der Waals surface area contributed by atoms with E-state index in [4.69, 9.17) is 10.5 Å². The van der Waals surface area contributed by atoms with Gasteiger partial charge in [0, 0.05) is 12.2 Å². The minimum Gasteiger partial charge on any atom is -0.380 e. The molecule has 0 aromatic heterocycles. The Hall–Kier alpha value is -1.39. The van der Waals surface area contributed by atoms with Crippen molar-refractivity contribution in [2.45, 2.75) is 30.2 Å². The maximum Gasteiger partial charge on any atom is 0.241 e. The van der Waals surface area contributed by atoms with Gasteiger partial charge in [-0.3, -0.25) is 0 Å². The zero-order valence-electron chi connectivity index (χ0n) is 12.1. The first-order chi connectivity index (χ1) is 9.95. The third kappa shape index (κ3) is 4.29. The topological polar surface area (TPSA) is 81.4 Å². The molecule has 6 heteroatoms. The SMILES string of the molecule is CC1(NS(=O)(=O)c2cccc(C#CCN)c2)CCCOC1. The van der Waals surface area contributed by atoms with Crippen LogP contribution in [0, 0.1) is 11.8 Å². The predicted octanol–water partition coefficient (Wildman–Crippen LogP) is 0.844. The number of rotatable bonds is 3. The van der Waals surface area contributed by atoms with Crippen molar-refractivity contribution >= 4 is 10.0 Å². The van der Waals surface area contributed by atoms with Crippen molar-refractivity contribution in [3.8, 4) is 11.8 Å². The lowest BCUT2D eigenvalue weighted by atomic mass is 9.97. The largest absolute Gasteiger partial charge is 0.380 e. The number of nitrogens with one attached hydrogen (secondary N) is 1. The highest BCUT2D eigenvalue weighted by Gasteiger charge is 2.32. The van der Waals surface area contributed by atoms with Gasteiger partial charge in [0.1, 0.15) is 0 Å². The van der Waals surface area contributed by atoms with E-state index in [1.54, 1.807) is 24.3 Å². The van der Waals surface area contributed by atoms with Gasteiger partial charge in [-0.15, -0.1) is 0 Å². The maximum atomic E-state index is 12.5.